The second-order valence-corrected chi connectivity index (χ2v) is 6.63. The molecule has 0 aromatic heterocycles. The van der Waals surface area contributed by atoms with E-state index in [-0.39, 0.29) is 36.2 Å². The second-order valence-electron chi connectivity index (χ2n) is 2.35. The molecule has 0 radical (unpaired) electrons. The molecule has 0 saturated carbocycles. The predicted octanol–water partition coefficient (Wildman–Crippen LogP) is -2.91. The summed E-state index contributed by atoms with van der Waals surface area (Å²) in [7, 11) is -6.90. The smallest absolute Gasteiger partial charge is 0.748 e. The molecule has 0 rings (SSSR count). The first-order valence-electron chi connectivity index (χ1n) is 2.84. The van der Waals surface area contributed by atoms with E-state index in [0.29, 0.717) is 0 Å². The van der Waals surface area contributed by atoms with Crippen LogP contribution in [-0.4, -0.2) is 38.7 Å². The zero-order chi connectivity index (χ0) is 9.12. The van der Waals surface area contributed by atoms with Gasteiger partial charge < -0.3 is 9.08 Å². The van der Waals surface area contributed by atoms with E-state index in [1.165, 1.54) is 13.3 Å². The minimum absolute atomic E-state index is 0. The molecular formula is C4H10NaO5PS. The molecule has 0 spiro atoms. The van der Waals surface area contributed by atoms with Gasteiger partial charge in [-0.25, -0.2) is 8.42 Å². The van der Waals surface area contributed by atoms with E-state index in [4.69, 9.17) is 0 Å². The topological polar surface area (TPSA) is 83.5 Å². The third-order valence-corrected chi connectivity index (χ3v) is 2.21. The van der Waals surface area contributed by atoms with Crippen molar-refractivity contribution >= 4 is 17.5 Å². The first-order chi connectivity index (χ1) is 4.71. The van der Waals surface area contributed by atoms with Crippen LogP contribution in [0.1, 0.15) is 0 Å². The molecule has 0 heterocycles. The fourth-order valence-corrected chi connectivity index (χ4v) is 1.30. The molecule has 68 valence electrons. The Labute approximate surface area is 94.4 Å². The average molecular weight is 224 g/mol. The molecule has 0 aliphatic rings. The molecule has 0 aliphatic heterocycles. The van der Waals surface area contributed by atoms with Gasteiger partial charge in [0.25, 0.3) is 0 Å². The molecular weight excluding hydrogens is 214 g/mol. The van der Waals surface area contributed by atoms with Gasteiger partial charge >= 0.3 is 29.6 Å². The van der Waals surface area contributed by atoms with Crippen LogP contribution in [0.3, 0.4) is 0 Å². The first-order valence-corrected chi connectivity index (χ1v) is 6.93. The largest absolute Gasteiger partial charge is 1.00 e. The maximum Gasteiger partial charge on any atom is 1.00 e. The summed E-state index contributed by atoms with van der Waals surface area (Å²) in [6.07, 6.45) is 0. The van der Waals surface area contributed by atoms with Crippen LogP contribution in [0, 0.1) is 0 Å². The molecule has 8 heteroatoms. The van der Waals surface area contributed by atoms with Gasteiger partial charge in [-0.05, 0) is 0 Å². The maximum absolute atomic E-state index is 10.8. The van der Waals surface area contributed by atoms with Crippen LogP contribution < -0.4 is 29.6 Å². The second kappa shape index (κ2) is 5.75. The summed E-state index contributed by atoms with van der Waals surface area (Å²) in [5, 5.41) is 0. The summed E-state index contributed by atoms with van der Waals surface area (Å²) in [5.41, 5.74) is 0. The van der Waals surface area contributed by atoms with E-state index >= 15 is 0 Å². The van der Waals surface area contributed by atoms with Gasteiger partial charge in [0.15, 0.2) is 7.37 Å². The summed E-state index contributed by atoms with van der Waals surface area (Å²) < 4.78 is 45.3. The molecule has 0 aromatic rings. The Morgan fingerprint density at radius 1 is 1.42 bits per heavy atom. The normalized spacial score (nSPS) is 12.2. The van der Waals surface area contributed by atoms with Crippen molar-refractivity contribution in [3.05, 3.63) is 0 Å². The van der Waals surface area contributed by atoms with Crippen molar-refractivity contribution in [2.75, 3.05) is 25.7 Å². The van der Waals surface area contributed by atoms with Crippen LogP contribution in [0.25, 0.3) is 0 Å². The number of rotatable bonds is 4. The standard InChI is InChI=1S/C4H11O5PS.Na/c1-10(2,5)9-3-4-11(6,7)8;/h3-4H2,1-2H3,(H,6,7,8);/q;+1/p-1. The van der Waals surface area contributed by atoms with Gasteiger partial charge in [0.1, 0.15) is 0 Å². The van der Waals surface area contributed by atoms with Crippen molar-refractivity contribution in [2.24, 2.45) is 0 Å². The number of hydrogen-bond acceptors (Lipinski definition) is 5. The van der Waals surface area contributed by atoms with E-state index in [1.54, 1.807) is 0 Å². The molecule has 0 bridgehead atoms. The van der Waals surface area contributed by atoms with Crippen LogP contribution >= 0.6 is 7.37 Å². The summed E-state index contributed by atoms with van der Waals surface area (Å²) >= 11 is 0. The Hall–Kier alpha value is 1.10. The van der Waals surface area contributed by atoms with Gasteiger partial charge in [-0.2, -0.15) is 0 Å². The molecule has 0 aromatic carbocycles. The molecule has 0 amide bonds. The molecule has 0 atom stereocenters. The van der Waals surface area contributed by atoms with Crippen molar-refractivity contribution < 1.29 is 51.6 Å². The van der Waals surface area contributed by atoms with Crippen LogP contribution in [0.4, 0.5) is 0 Å². The van der Waals surface area contributed by atoms with E-state index < -0.39 is 23.2 Å². The van der Waals surface area contributed by atoms with E-state index in [1.807, 2.05) is 0 Å². The van der Waals surface area contributed by atoms with E-state index in [9.17, 15) is 17.5 Å². The van der Waals surface area contributed by atoms with Crippen molar-refractivity contribution in [1.29, 1.82) is 0 Å². The summed E-state index contributed by atoms with van der Waals surface area (Å²) in [4.78, 5) is 0. The Morgan fingerprint density at radius 2 is 1.83 bits per heavy atom. The Bertz CT molecular complexity index is 255. The minimum atomic E-state index is -4.24. The maximum atomic E-state index is 10.8. The van der Waals surface area contributed by atoms with Crippen LogP contribution in [0.15, 0.2) is 0 Å². The van der Waals surface area contributed by atoms with E-state index in [2.05, 4.69) is 4.52 Å². The monoisotopic (exact) mass is 224 g/mol. The Kier molecular flexibility index (Phi) is 7.46. The Balaban J connectivity index is 0. The van der Waals surface area contributed by atoms with Crippen molar-refractivity contribution in [2.45, 2.75) is 0 Å². The quantitative estimate of drug-likeness (QED) is 0.290. The van der Waals surface area contributed by atoms with Crippen molar-refractivity contribution in [3.8, 4) is 0 Å². The summed E-state index contributed by atoms with van der Waals surface area (Å²) in [5.74, 6) is -0.626. The fraction of sp³-hybridized carbons (Fsp3) is 1.00. The average Bonchev–Trinajstić information content (AvgIpc) is 1.55. The SMILES string of the molecule is CP(C)(=O)OCCS(=O)(=O)[O-].[Na+]. The van der Waals surface area contributed by atoms with Crippen LogP contribution in [-0.2, 0) is 19.2 Å². The van der Waals surface area contributed by atoms with Crippen molar-refractivity contribution in [3.63, 3.8) is 0 Å². The van der Waals surface area contributed by atoms with Crippen LogP contribution in [0.2, 0.25) is 0 Å². The van der Waals surface area contributed by atoms with Gasteiger partial charge in [0.05, 0.1) is 22.5 Å². The van der Waals surface area contributed by atoms with Gasteiger partial charge in [-0.15, -0.1) is 0 Å². The number of hydrogen-bond donors (Lipinski definition) is 0. The fourth-order valence-electron chi connectivity index (χ4n) is 0.359. The summed E-state index contributed by atoms with van der Waals surface area (Å²) in [6, 6.07) is 0. The first kappa shape index (κ1) is 15.6. The Morgan fingerprint density at radius 3 is 2.08 bits per heavy atom. The third-order valence-electron chi connectivity index (χ3n) is 0.736. The van der Waals surface area contributed by atoms with E-state index in [0.717, 1.165) is 0 Å². The molecule has 0 unspecified atom stereocenters. The molecule has 0 aliphatic carbocycles. The zero-order valence-electron chi connectivity index (χ0n) is 7.31. The molecule has 0 N–H and O–H groups in total. The van der Waals surface area contributed by atoms with Gasteiger partial charge in [0.2, 0.25) is 0 Å². The minimum Gasteiger partial charge on any atom is -0.748 e. The predicted molar refractivity (Wildman–Crippen MR) is 40.0 cm³/mol. The van der Waals surface area contributed by atoms with Crippen molar-refractivity contribution in [1.82, 2.24) is 0 Å². The molecule has 0 fully saturated rings. The van der Waals surface area contributed by atoms with Gasteiger partial charge in [0, 0.05) is 13.3 Å². The molecule has 5 nitrogen and oxygen atoms in total. The van der Waals surface area contributed by atoms with Crippen LogP contribution in [0.5, 0.6) is 0 Å². The van der Waals surface area contributed by atoms with Gasteiger partial charge in [-0.3, -0.25) is 4.57 Å². The zero-order valence-corrected chi connectivity index (χ0v) is 11.0. The van der Waals surface area contributed by atoms with Gasteiger partial charge in [-0.1, -0.05) is 0 Å². The summed E-state index contributed by atoms with van der Waals surface area (Å²) in [6.45, 7) is 2.41. The molecule has 12 heavy (non-hydrogen) atoms. The third kappa shape index (κ3) is 13.7. The molecule has 0 saturated heterocycles.